The first-order chi connectivity index (χ1) is 10.3. The summed E-state index contributed by atoms with van der Waals surface area (Å²) >= 11 is 0. The summed E-state index contributed by atoms with van der Waals surface area (Å²) in [5.74, 6) is 0.330. The maximum Gasteiger partial charge on any atom is 0.277 e. The lowest BCUT2D eigenvalue weighted by Gasteiger charge is -2.12. The van der Waals surface area contributed by atoms with Gasteiger partial charge >= 0.3 is 0 Å². The van der Waals surface area contributed by atoms with E-state index in [2.05, 4.69) is 38.0 Å². The number of hydrogen-bond acceptors (Lipinski definition) is 4. The van der Waals surface area contributed by atoms with E-state index in [4.69, 9.17) is 0 Å². The lowest BCUT2D eigenvalue weighted by molar-refractivity contribution is 0.102. The zero-order chi connectivity index (χ0) is 14.7. The first kappa shape index (κ1) is 16.5. The summed E-state index contributed by atoms with van der Waals surface area (Å²) < 4.78 is 0. The Hall–Kier alpha value is -1.86. The molecule has 4 N–H and O–H groups in total. The standard InChI is InChI=1S/C14H20N6O.ClH/c1-2-3-4-9-7-12(19-17-9)16-14(21)13-10-8-15-6-5-11(10)18-20-13;/h7,15H,2-6,8H2,1H3,(H,18,20)(H2,16,17,19,21);1H. The molecule has 8 heteroatoms. The highest BCUT2D eigenvalue weighted by Crippen LogP contribution is 2.17. The highest BCUT2D eigenvalue weighted by molar-refractivity contribution is 6.03. The molecule has 0 spiro atoms. The number of amides is 1. The van der Waals surface area contributed by atoms with E-state index in [1.54, 1.807) is 0 Å². The molecule has 1 aliphatic heterocycles. The van der Waals surface area contributed by atoms with Gasteiger partial charge in [0, 0.05) is 42.5 Å². The Morgan fingerprint density at radius 1 is 1.36 bits per heavy atom. The number of rotatable bonds is 5. The summed E-state index contributed by atoms with van der Waals surface area (Å²) in [7, 11) is 0. The fourth-order valence-electron chi connectivity index (χ4n) is 2.51. The molecule has 0 saturated carbocycles. The van der Waals surface area contributed by atoms with E-state index < -0.39 is 0 Å². The number of carbonyl (C=O) groups excluding carboxylic acids is 1. The van der Waals surface area contributed by atoms with Crippen LogP contribution >= 0.6 is 12.4 Å². The third-order valence-corrected chi connectivity index (χ3v) is 3.69. The van der Waals surface area contributed by atoms with Gasteiger partial charge in [-0.3, -0.25) is 15.0 Å². The second-order valence-electron chi connectivity index (χ2n) is 5.29. The molecule has 22 heavy (non-hydrogen) atoms. The van der Waals surface area contributed by atoms with E-state index in [9.17, 15) is 4.79 Å². The normalized spacial score (nSPS) is 13.3. The molecule has 7 nitrogen and oxygen atoms in total. The number of unbranched alkanes of at least 4 members (excludes halogenated alkanes) is 1. The summed E-state index contributed by atoms with van der Waals surface area (Å²) in [4.78, 5) is 12.3. The van der Waals surface area contributed by atoms with Crippen LogP contribution in [0.25, 0.3) is 0 Å². The third kappa shape index (κ3) is 3.48. The van der Waals surface area contributed by atoms with E-state index >= 15 is 0 Å². The molecule has 0 atom stereocenters. The lowest BCUT2D eigenvalue weighted by atomic mass is 10.1. The number of aryl methyl sites for hydroxylation is 1. The Kier molecular flexibility index (Phi) is 5.57. The van der Waals surface area contributed by atoms with Crippen molar-refractivity contribution in [2.75, 3.05) is 11.9 Å². The number of aromatic amines is 2. The summed E-state index contributed by atoms with van der Waals surface area (Å²) in [6, 6.07) is 1.88. The predicted molar refractivity (Wildman–Crippen MR) is 86.4 cm³/mol. The minimum Gasteiger partial charge on any atom is -0.312 e. The Bertz CT molecular complexity index is 635. The molecule has 3 rings (SSSR count). The van der Waals surface area contributed by atoms with Crippen molar-refractivity contribution in [2.24, 2.45) is 0 Å². The number of nitrogens with zero attached hydrogens (tertiary/aromatic N) is 2. The van der Waals surface area contributed by atoms with Crippen LogP contribution in [-0.2, 0) is 19.4 Å². The highest BCUT2D eigenvalue weighted by atomic mass is 35.5. The predicted octanol–water partition coefficient (Wildman–Crippen LogP) is 1.80. The zero-order valence-electron chi connectivity index (χ0n) is 12.5. The molecule has 0 bridgehead atoms. The van der Waals surface area contributed by atoms with Gasteiger partial charge in [0.1, 0.15) is 0 Å². The molecule has 0 unspecified atom stereocenters. The Balaban J connectivity index is 0.00000176. The van der Waals surface area contributed by atoms with Gasteiger partial charge in [-0.25, -0.2) is 0 Å². The first-order valence-corrected chi connectivity index (χ1v) is 7.40. The molecule has 1 amide bonds. The SMILES string of the molecule is CCCCc1cc(NC(=O)c2n[nH]c3c2CNCC3)n[nH]1.Cl. The summed E-state index contributed by atoms with van der Waals surface area (Å²) in [6.07, 6.45) is 4.06. The maximum atomic E-state index is 12.3. The number of fused-ring (bicyclic) bond motifs is 1. The summed E-state index contributed by atoms with van der Waals surface area (Å²) in [5, 5.41) is 20.2. The first-order valence-electron chi connectivity index (χ1n) is 7.40. The topological polar surface area (TPSA) is 98.5 Å². The van der Waals surface area contributed by atoms with Crippen LogP contribution in [0.4, 0.5) is 5.82 Å². The molecule has 1 aliphatic rings. The molecular formula is C14H21ClN6O. The fraction of sp³-hybridized carbons (Fsp3) is 0.500. The van der Waals surface area contributed by atoms with E-state index in [0.717, 1.165) is 49.2 Å². The van der Waals surface area contributed by atoms with Crippen molar-refractivity contribution >= 4 is 24.1 Å². The quantitative estimate of drug-likeness (QED) is 0.674. The van der Waals surface area contributed by atoms with Gasteiger partial charge < -0.3 is 10.6 Å². The van der Waals surface area contributed by atoms with Gasteiger partial charge in [-0.1, -0.05) is 13.3 Å². The summed E-state index contributed by atoms with van der Waals surface area (Å²) in [5.41, 5.74) is 3.50. The molecule has 0 aromatic carbocycles. The van der Waals surface area contributed by atoms with Crippen LogP contribution in [0.1, 0.15) is 47.2 Å². The number of H-pyrrole nitrogens is 2. The highest BCUT2D eigenvalue weighted by Gasteiger charge is 2.22. The van der Waals surface area contributed by atoms with Gasteiger partial charge in [-0.05, 0) is 12.8 Å². The molecule has 120 valence electrons. The number of nitrogens with one attached hydrogen (secondary N) is 4. The van der Waals surface area contributed by atoms with Crippen molar-refractivity contribution in [1.29, 1.82) is 0 Å². The third-order valence-electron chi connectivity index (χ3n) is 3.69. The lowest BCUT2D eigenvalue weighted by Crippen LogP contribution is -2.25. The van der Waals surface area contributed by atoms with Crippen molar-refractivity contribution < 1.29 is 4.79 Å². The van der Waals surface area contributed by atoms with Crippen LogP contribution in [0, 0.1) is 0 Å². The number of aromatic nitrogens is 4. The monoisotopic (exact) mass is 324 g/mol. The van der Waals surface area contributed by atoms with Gasteiger partial charge in [0.25, 0.3) is 5.91 Å². The minimum atomic E-state index is -0.218. The van der Waals surface area contributed by atoms with Crippen LogP contribution in [0.5, 0.6) is 0 Å². The molecule has 2 aromatic heterocycles. The molecule has 0 saturated heterocycles. The van der Waals surface area contributed by atoms with E-state index in [0.29, 0.717) is 18.1 Å². The van der Waals surface area contributed by atoms with Crippen molar-refractivity contribution in [2.45, 2.75) is 39.2 Å². The fourth-order valence-corrected chi connectivity index (χ4v) is 2.51. The van der Waals surface area contributed by atoms with Gasteiger partial charge in [-0.15, -0.1) is 12.4 Å². The Morgan fingerprint density at radius 2 is 2.23 bits per heavy atom. The summed E-state index contributed by atoms with van der Waals surface area (Å²) in [6.45, 7) is 3.74. The minimum absolute atomic E-state index is 0. The number of carbonyl (C=O) groups is 1. The molecule has 0 fully saturated rings. The number of hydrogen-bond donors (Lipinski definition) is 4. The average Bonchev–Trinajstić information content (AvgIpc) is 3.11. The van der Waals surface area contributed by atoms with E-state index in [-0.39, 0.29) is 18.3 Å². The van der Waals surface area contributed by atoms with Crippen molar-refractivity contribution in [1.82, 2.24) is 25.7 Å². The van der Waals surface area contributed by atoms with E-state index in [1.165, 1.54) is 0 Å². The number of halogens is 1. The van der Waals surface area contributed by atoms with Gasteiger partial charge in [0.05, 0.1) is 0 Å². The second-order valence-corrected chi connectivity index (χ2v) is 5.29. The van der Waals surface area contributed by atoms with Crippen LogP contribution in [0.3, 0.4) is 0 Å². The smallest absolute Gasteiger partial charge is 0.277 e. The van der Waals surface area contributed by atoms with Crippen LogP contribution in [0.15, 0.2) is 6.07 Å². The van der Waals surface area contributed by atoms with Crippen LogP contribution in [-0.4, -0.2) is 32.8 Å². The van der Waals surface area contributed by atoms with E-state index in [1.807, 2.05) is 6.07 Å². The molecule has 0 aliphatic carbocycles. The van der Waals surface area contributed by atoms with Crippen LogP contribution < -0.4 is 10.6 Å². The van der Waals surface area contributed by atoms with Crippen molar-refractivity contribution in [3.05, 3.63) is 28.7 Å². The molecular weight excluding hydrogens is 304 g/mol. The maximum absolute atomic E-state index is 12.3. The van der Waals surface area contributed by atoms with Crippen molar-refractivity contribution in [3.8, 4) is 0 Å². The van der Waals surface area contributed by atoms with Gasteiger partial charge in [0.15, 0.2) is 11.5 Å². The average molecular weight is 325 g/mol. The van der Waals surface area contributed by atoms with Gasteiger partial charge in [-0.2, -0.15) is 10.2 Å². The zero-order valence-corrected chi connectivity index (χ0v) is 13.3. The Morgan fingerprint density at radius 3 is 3.05 bits per heavy atom. The molecule has 2 aromatic rings. The Labute approximate surface area is 135 Å². The van der Waals surface area contributed by atoms with Crippen LogP contribution in [0.2, 0.25) is 0 Å². The van der Waals surface area contributed by atoms with Gasteiger partial charge in [0.2, 0.25) is 0 Å². The molecule has 3 heterocycles. The largest absolute Gasteiger partial charge is 0.312 e. The van der Waals surface area contributed by atoms with Crippen molar-refractivity contribution in [3.63, 3.8) is 0 Å². The second kappa shape index (κ2) is 7.42. The number of anilines is 1. The molecule has 0 radical (unpaired) electrons.